The van der Waals surface area contributed by atoms with Crippen LogP contribution in [0, 0.1) is 0 Å². The smallest absolute Gasteiger partial charge is 0.307 e. The molecule has 80 valence electrons. The Morgan fingerprint density at radius 3 is 2.40 bits per heavy atom. The molecule has 1 N–H and O–H groups in total. The van der Waals surface area contributed by atoms with Crippen LogP contribution in [0.3, 0.4) is 0 Å². The maximum atomic E-state index is 10.6. The highest BCUT2D eigenvalue weighted by Crippen LogP contribution is 2.20. The molecule has 1 rings (SSSR count). The molecule has 0 aromatic heterocycles. The van der Waals surface area contributed by atoms with Gasteiger partial charge in [0.2, 0.25) is 0 Å². The second-order valence-electron chi connectivity index (χ2n) is 3.25. The lowest BCUT2D eigenvalue weighted by Gasteiger charge is -2.09. The summed E-state index contributed by atoms with van der Waals surface area (Å²) in [4.78, 5) is 10.6. The Labute approximate surface area is 89.0 Å². The van der Waals surface area contributed by atoms with E-state index in [-0.39, 0.29) is 6.42 Å². The van der Waals surface area contributed by atoms with Crippen LogP contribution < -0.4 is 0 Å². The average Bonchev–Trinajstić information content (AvgIpc) is 2.19. The van der Waals surface area contributed by atoms with Crippen molar-refractivity contribution in [2.45, 2.75) is 13.3 Å². The van der Waals surface area contributed by atoms with Crippen LogP contribution in [0.5, 0.6) is 0 Å². The monoisotopic (exact) mass is 206 g/mol. The normalized spacial score (nSPS) is 11.9. The topological polar surface area (TPSA) is 46.5 Å². The molecule has 0 saturated heterocycles. The third-order valence-corrected chi connectivity index (χ3v) is 2.04. The number of hydrogen-bond donors (Lipinski definition) is 1. The summed E-state index contributed by atoms with van der Waals surface area (Å²) in [6.45, 7) is 1.76. The van der Waals surface area contributed by atoms with E-state index in [0.29, 0.717) is 5.76 Å². The summed E-state index contributed by atoms with van der Waals surface area (Å²) in [6, 6.07) is 9.47. The molecule has 0 spiro atoms. The molecule has 0 saturated carbocycles. The minimum Gasteiger partial charge on any atom is -0.496 e. The van der Waals surface area contributed by atoms with Crippen LogP contribution in [0.4, 0.5) is 0 Å². The van der Waals surface area contributed by atoms with Gasteiger partial charge in [0.25, 0.3) is 0 Å². The van der Waals surface area contributed by atoms with Crippen LogP contribution in [0.2, 0.25) is 0 Å². The van der Waals surface area contributed by atoms with Crippen molar-refractivity contribution in [3.8, 4) is 0 Å². The van der Waals surface area contributed by atoms with Gasteiger partial charge in [-0.2, -0.15) is 0 Å². The van der Waals surface area contributed by atoms with E-state index < -0.39 is 5.97 Å². The molecule has 3 heteroatoms. The Hall–Kier alpha value is -1.77. The van der Waals surface area contributed by atoms with Gasteiger partial charge in [-0.15, -0.1) is 0 Å². The Balaban J connectivity index is 3.02. The zero-order chi connectivity index (χ0) is 11.3. The first-order valence-electron chi connectivity index (χ1n) is 4.66. The standard InChI is InChI=1S/C12H14O3/c1-9(8-11(13)14)12(15-2)10-6-4-3-5-7-10/h3-7H,8H2,1-2H3,(H,13,14). The van der Waals surface area contributed by atoms with Crippen molar-refractivity contribution in [1.29, 1.82) is 0 Å². The third-order valence-electron chi connectivity index (χ3n) is 2.04. The van der Waals surface area contributed by atoms with Crippen LogP contribution >= 0.6 is 0 Å². The number of rotatable bonds is 4. The molecule has 0 unspecified atom stereocenters. The number of methoxy groups -OCH3 is 1. The van der Waals surface area contributed by atoms with E-state index >= 15 is 0 Å². The number of ether oxygens (including phenoxy) is 1. The molecule has 0 heterocycles. The minimum absolute atomic E-state index is 0.00192. The summed E-state index contributed by atoms with van der Waals surface area (Å²) in [6.07, 6.45) is -0.00192. The van der Waals surface area contributed by atoms with Gasteiger partial charge in [0, 0.05) is 5.56 Å². The number of benzene rings is 1. The van der Waals surface area contributed by atoms with Crippen molar-refractivity contribution in [3.05, 3.63) is 41.5 Å². The van der Waals surface area contributed by atoms with Crippen LogP contribution in [0.15, 0.2) is 35.9 Å². The lowest BCUT2D eigenvalue weighted by atomic mass is 10.1. The Bertz CT molecular complexity index is 366. The van der Waals surface area contributed by atoms with Gasteiger partial charge >= 0.3 is 5.97 Å². The van der Waals surface area contributed by atoms with Crippen molar-refractivity contribution < 1.29 is 14.6 Å². The average molecular weight is 206 g/mol. The van der Waals surface area contributed by atoms with Crippen molar-refractivity contribution in [3.63, 3.8) is 0 Å². The quantitative estimate of drug-likeness (QED) is 0.770. The van der Waals surface area contributed by atoms with Crippen LogP contribution in [-0.2, 0) is 9.53 Å². The summed E-state index contributed by atoms with van der Waals surface area (Å²) in [7, 11) is 1.55. The predicted molar refractivity (Wildman–Crippen MR) is 58.3 cm³/mol. The molecule has 3 nitrogen and oxygen atoms in total. The van der Waals surface area contributed by atoms with E-state index in [0.717, 1.165) is 11.1 Å². The summed E-state index contributed by atoms with van der Waals surface area (Å²) >= 11 is 0. The fourth-order valence-corrected chi connectivity index (χ4v) is 1.44. The lowest BCUT2D eigenvalue weighted by molar-refractivity contribution is -0.136. The maximum absolute atomic E-state index is 10.6. The Morgan fingerprint density at radius 2 is 1.93 bits per heavy atom. The molecule has 0 amide bonds. The zero-order valence-corrected chi connectivity index (χ0v) is 8.86. The van der Waals surface area contributed by atoms with Gasteiger partial charge in [-0.1, -0.05) is 30.3 Å². The summed E-state index contributed by atoms with van der Waals surface area (Å²) in [5, 5.41) is 8.69. The number of carboxylic acid groups (broad SMARTS) is 1. The van der Waals surface area contributed by atoms with E-state index in [1.54, 1.807) is 14.0 Å². The molecule has 0 aliphatic carbocycles. The van der Waals surface area contributed by atoms with Crippen LogP contribution in [0.25, 0.3) is 5.76 Å². The zero-order valence-electron chi connectivity index (χ0n) is 8.86. The molecular formula is C12H14O3. The molecule has 0 radical (unpaired) electrons. The fraction of sp³-hybridized carbons (Fsp3) is 0.250. The predicted octanol–water partition coefficient (Wildman–Crippen LogP) is 2.54. The van der Waals surface area contributed by atoms with E-state index in [1.165, 1.54) is 0 Å². The van der Waals surface area contributed by atoms with Gasteiger partial charge < -0.3 is 9.84 Å². The van der Waals surface area contributed by atoms with Crippen LogP contribution in [0.1, 0.15) is 18.9 Å². The lowest BCUT2D eigenvalue weighted by Crippen LogP contribution is -1.99. The summed E-state index contributed by atoms with van der Waals surface area (Å²) in [5.41, 5.74) is 1.62. The van der Waals surface area contributed by atoms with E-state index in [4.69, 9.17) is 9.84 Å². The molecule has 0 bridgehead atoms. The second kappa shape index (κ2) is 5.20. The van der Waals surface area contributed by atoms with Crippen molar-refractivity contribution in [2.24, 2.45) is 0 Å². The Kier molecular flexibility index (Phi) is 3.92. The summed E-state index contributed by atoms with van der Waals surface area (Å²) in [5.74, 6) is -0.212. The van der Waals surface area contributed by atoms with E-state index in [2.05, 4.69) is 0 Å². The first-order valence-corrected chi connectivity index (χ1v) is 4.66. The van der Waals surface area contributed by atoms with Gasteiger partial charge in [0.15, 0.2) is 0 Å². The third kappa shape index (κ3) is 3.13. The highest BCUT2D eigenvalue weighted by atomic mass is 16.5. The minimum atomic E-state index is -0.849. The van der Waals surface area contributed by atoms with Gasteiger partial charge in [-0.25, -0.2) is 0 Å². The van der Waals surface area contributed by atoms with Gasteiger partial charge in [0.1, 0.15) is 5.76 Å². The summed E-state index contributed by atoms with van der Waals surface area (Å²) < 4.78 is 5.22. The highest BCUT2D eigenvalue weighted by molar-refractivity contribution is 5.74. The first kappa shape index (κ1) is 11.3. The molecule has 0 fully saturated rings. The fourth-order valence-electron chi connectivity index (χ4n) is 1.44. The van der Waals surface area contributed by atoms with Crippen molar-refractivity contribution in [2.75, 3.05) is 7.11 Å². The number of carboxylic acids is 1. The largest absolute Gasteiger partial charge is 0.496 e. The molecule has 0 atom stereocenters. The van der Waals surface area contributed by atoms with Gasteiger partial charge in [-0.3, -0.25) is 4.79 Å². The second-order valence-corrected chi connectivity index (χ2v) is 3.25. The molecule has 1 aromatic carbocycles. The van der Waals surface area contributed by atoms with E-state index in [1.807, 2.05) is 30.3 Å². The number of hydrogen-bond acceptors (Lipinski definition) is 2. The highest BCUT2D eigenvalue weighted by Gasteiger charge is 2.08. The van der Waals surface area contributed by atoms with Gasteiger partial charge in [-0.05, 0) is 12.5 Å². The van der Waals surface area contributed by atoms with Gasteiger partial charge in [0.05, 0.1) is 13.5 Å². The van der Waals surface area contributed by atoms with Crippen molar-refractivity contribution in [1.82, 2.24) is 0 Å². The molecule has 0 aliphatic rings. The maximum Gasteiger partial charge on any atom is 0.307 e. The van der Waals surface area contributed by atoms with Crippen LogP contribution in [-0.4, -0.2) is 18.2 Å². The van der Waals surface area contributed by atoms with Crippen molar-refractivity contribution >= 4 is 11.7 Å². The van der Waals surface area contributed by atoms with E-state index in [9.17, 15) is 4.79 Å². The molecular weight excluding hydrogens is 192 g/mol. The number of carbonyl (C=O) groups is 1. The molecule has 1 aromatic rings. The SMILES string of the molecule is COC(=C(C)CC(=O)O)c1ccccc1. The Morgan fingerprint density at radius 1 is 1.33 bits per heavy atom. The first-order chi connectivity index (χ1) is 7.15. The molecule has 0 aliphatic heterocycles. The number of aliphatic carboxylic acids is 1. The molecule has 15 heavy (non-hydrogen) atoms.